The first-order valence-corrected chi connectivity index (χ1v) is 11.1. The maximum atomic E-state index is 11.8. The van der Waals surface area contributed by atoms with E-state index in [1.54, 1.807) is 11.8 Å². The monoisotopic (exact) mass is 410 g/mol. The summed E-state index contributed by atoms with van der Waals surface area (Å²) in [5.41, 5.74) is 0.643. The first-order valence-electron chi connectivity index (χ1n) is 10.0. The molecule has 2 aliphatic heterocycles. The molecule has 156 valence electrons. The highest BCUT2D eigenvalue weighted by molar-refractivity contribution is 7.99. The van der Waals surface area contributed by atoms with Crippen LogP contribution in [-0.2, 0) is 28.5 Å². The quantitative estimate of drug-likeness (QED) is 0.478. The van der Waals surface area contributed by atoms with Crippen molar-refractivity contribution >= 4 is 17.7 Å². The number of carbonyl (C=O) groups is 1. The molecule has 28 heavy (non-hydrogen) atoms. The molecule has 0 aliphatic carbocycles. The fourth-order valence-electron chi connectivity index (χ4n) is 3.49. The molecule has 2 fully saturated rings. The number of unbranched alkanes of at least 4 members (excludes halogenated alkanes) is 1. The van der Waals surface area contributed by atoms with Gasteiger partial charge in [-0.3, -0.25) is 4.79 Å². The van der Waals surface area contributed by atoms with E-state index >= 15 is 0 Å². The van der Waals surface area contributed by atoms with E-state index in [1.165, 1.54) is 6.92 Å². The van der Waals surface area contributed by atoms with Gasteiger partial charge in [0.1, 0.15) is 23.7 Å². The maximum Gasteiger partial charge on any atom is 0.303 e. The van der Waals surface area contributed by atoms with E-state index in [0.29, 0.717) is 13.2 Å². The van der Waals surface area contributed by atoms with Crippen molar-refractivity contribution in [1.82, 2.24) is 0 Å². The fraction of sp³-hybridized carbons (Fsp3) is 0.667. The maximum absolute atomic E-state index is 11.8. The van der Waals surface area contributed by atoms with Crippen LogP contribution in [0, 0.1) is 0 Å². The molecule has 1 aromatic carbocycles. The molecule has 1 aromatic rings. The van der Waals surface area contributed by atoms with E-state index in [0.717, 1.165) is 24.2 Å². The van der Waals surface area contributed by atoms with E-state index < -0.39 is 18.5 Å². The number of fused-ring (bicyclic) bond motifs is 1. The average Bonchev–Trinajstić information content (AvgIpc) is 2.70. The fourth-order valence-corrected chi connectivity index (χ4v) is 4.44. The first-order chi connectivity index (χ1) is 13.6. The molecule has 6 nitrogen and oxygen atoms in total. The van der Waals surface area contributed by atoms with Crippen molar-refractivity contribution in [2.45, 2.75) is 69.8 Å². The molecule has 0 radical (unpaired) electrons. The third-order valence-corrected chi connectivity index (χ3v) is 5.84. The second-order valence-electron chi connectivity index (χ2n) is 6.94. The normalized spacial score (nSPS) is 32.5. The van der Waals surface area contributed by atoms with E-state index in [1.807, 2.05) is 30.3 Å². The molecule has 0 N–H and O–H groups in total. The molecule has 0 spiro atoms. The van der Waals surface area contributed by atoms with Crippen LogP contribution in [0.5, 0.6) is 0 Å². The van der Waals surface area contributed by atoms with Crippen molar-refractivity contribution in [3.8, 4) is 0 Å². The summed E-state index contributed by atoms with van der Waals surface area (Å²) >= 11 is 1.61. The highest BCUT2D eigenvalue weighted by Gasteiger charge is 2.52. The van der Waals surface area contributed by atoms with E-state index in [2.05, 4.69) is 13.8 Å². The lowest BCUT2D eigenvalue weighted by molar-refractivity contribution is -0.324. The molecular formula is C21H30O6S. The van der Waals surface area contributed by atoms with Crippen LogP contribution < -0.4 is 0 Å². The molecule has 2 aliphatic rings. The van der Waals surface area contributed by atoms with Crippen molar-refractivity contribution in [2.24, 2.45) is 0 Å². The lowest BCUT2D eigenvalue weighted by atomic mass is 9.98. The number of hydrogen-bond donors (Lipinski definition) is 0. The summed E-state index contributed by atoms with van der Waals surface area (Å²) in [6, 6.07) is 9.81. The zero-order chi connectivity index (χ0) is 19.9. The van der Waals surface area contributed by atoms with Gasteiger partial charge < -0.3 is 23.7 Å². The van der Waals surface area contributed by atoms with Gasteiger partial charge in [0.15, 0.2) is 12.4 Å². The number of rotatable bonds is 8. The molecule has 2 heterocycles. The van der Waals surface area contributed by atoms with Crippen LogP contribution in [0.4, 0.5) is 0 Å². The van der Waals surface area contributed by atoms with Crippen molar-refractivity contribution < 1.29 is 28.5 Å². The number of esters is 1. The minimum Gasteiger partial charge on any atom is -0.456 e. The third kappa shape index (κ3) is 5.27. The molecule has 0 amide bonds. The minimum atomic E-state index is -0.518. The van der Waals surface area contributed by atoms with Crippen LogP contribution >= 0.6 is 11.8 Å². The first kappa shape index (κ1) is 21.6. The Kier molecular flexibility index (Phi) is 8.17. The van der Waals surface area contributed by atoms with Crippen LogP contribution in [0.2, 0.25) is 0 Å². The van der Waals surface area contributed by atoms with Crippen LogP contribution in [0.25, 0.3) is 0 Å². The molecule has 7 heteroatoms. The Hall–Kier alpha value is -1.12. The van der Waals surface area contributed by atoms with Gasteiger partial charge in [0.05, 0.1) is 6.61 Å². The lowest BCUT2D eigenvalue weighted by Crippen LogP contribution is -2.62. The summed E-state index contributed by atoms with van der Waals surface area (Å²) in [5, 5.41) is 0. The summed E-state index contributed by atoms with van der Waals surface area (Å²) in [5.74, 6) is 0.500. The molecule has 0 saturated carbocycles. The topological polar surface area (TPSA) is 63.2 Å². The number of carbonyl (C=O) groups excluding carboxylic acids is 1. The molecule has 2 saturated heterocycles. The summed E-state index contributed by atoms with van der Waals surface area (Å²) < 4.78 is 30.3. The van der Waals surface area contributed by atoms with Gasteiger partial charge in [-0.15, -0.1) is 11.8 Å². The highest BCUT2D eigenvalue weighted by Crippen LogP contribution is 2.39. The second kappa shape index (κ2) is 10.6. The third-order valence-electron chi connectivity index (χ3n) is 4.80. The average molecular weight is 411 g/mol. The zero-order valence-electron chi connectivity index (χ0n) is 16.7. The molecule has 0 aromatic heterocycles. The van der Waals surface area contributed by atoms with Crippen molar-refractivity contribution in [3.05, 3.63) is 35.9 Å². The van der Waals surface area contributed by atoms with Gasteiger partial charge in [-0.25, -0.2) is 0 Å². The number of benzene rings is 1. The Balaban J connectivity index is 1.82. The smallest absolute Gasteiger partial charge is 0.303 e. The van der Waals surface area contributed by atoms with Crippen LogP contribution in [0.1, 0.15) is 45.5 Å². The van der Waals surface area contributed by atoms with E-state index in [4.69, 9.17) is 23.7 Å². The predicted octanol–water partition coefficient (Wildman–Crippen LogP) is 3.70. The number of ether oxygens (including phenoxy) is 5. The van der Waals surface area contributed by atoms with E-state index in [-0.39, 0.29) is 23.6 Å². The van der Waals surface area contributed by atoms with Gasteiger partial charge in [0.2, 0.25) is 0 Å². The Labute approximate surface area is 171 Å². The van der Waals surface area contributed by atoms with Gasteiger partial charge in [-0.05, 0) is 12.2 Å². The van der Waals surface area contributed by atoms with Crippen LogP contribution in [0.3, 0.4) is 0 Å². The van der Waals surface area contributed by atoms with Gasteiger partial charge in [0, 0.05) is 19.1 Å². The molecular weight excluding hydrogens is 380 g/mol. The Bertz CT molecular complexity index is 612. The van der Waals surface area contributed by atoms with Gasteiger partial charge >= 0.3 is 5.97 Å². The molecule has 6 atom stereocenters. The summed E-state index contributed by atoms with van der Waals surface area (Å²) in [7, 11) is 0. The van der Waals surface area contributed by atoms with Gasteiger partial charge in [-0.2, -0.15) is 0 Å². The Morgan fingerprint density at radius 1 is 1.18 bits per heavy atom. The second-order valence-corrected chi connectivity index (χ2v) is 8.31. The highest BCUT2D eigenvalue weighted by atomic mass is 32.2. The minimum absolute atomic E-state index is 0.262. The molecule has 0 bridgehead atoms. The Morgan fingerprint density at radius 2 is 1.96 bits per heavy atom. The Morgan fingerprint density at radius 3 is 2.64 bits per heavy atom. The van der Waals surface area contributed by atoms with Gasteiger partial charge in [0.25, 0.3) is 0 Å². The van der Waals surface area contributed by atoms with E-state index in [9.17, 15) is 4.79 Å². The lowest BCUT2D eigenvalue weighted by Gasteiger charge is -2.48. The largest absolute Gasteiger partial charge is 0.456 e. The number of thioether (sulfide) groups is 1. The predicted molar refractivity (Wildman–Crippen MR) is 107 cm³/mol. The molecule has 3 unspecified atom stereocenters. The van der Waals surface area contributed by atoms with Crippen molar-refractivity contribution in [2.75, 3.05) is 19.0 Å². The molecule has 3 rings (SSSR count). The van der Waals surface area contributed by atoms with Crippen molar-refractivity contribution in [1.29, 1.82) is 0 Å². The summed E-state index contributed by atoms with van der Waals surface area (Å²) in [6.45, 7) is 6.58. The summed E-state index contributed by atoms with van der Waals surface area (Å²) in [4.78, 5) is 11.8. The van der Waals surface area contributed by atoms with Crippen molar-refractivity contribution in [3.63, 3.8) is 0 Å². The SMILES string of the molecule is CCCCO[C@@H]1C(OC(C)=O)[C@H](SCC)OC2COC(c3ccccc3)O[C@H]21. The zero-order valence-corrected chi connectivity index (χ0v) is 17.6. The number of hydrogen-bond acceptors (Lipinski definition) is 7. The van der Waals surface area contributed by atoms with Crippen LogP contribution in [-0.4, -0.2) is 54.8 Å². The standard InChI is InChI=1S/C21H30O6S/c1-4-6-12-23-18-17-16(26-21(28-5-2)19(18)25-14(3)22)13-24-20(27-17)15-10-8-7-9-11-15/h7-11,16-21H,4-6,12-13H2,1-3H3/t16?,17-,18+,19?,20?,21+/m1/s1. The van der Waals surface area contributed by atoms with Gasteiger partial charge in [-0.1, -0.05) is 50.6 Å². The summed E-state index contributed by atoms with van der Waals surface area (Å²) in [6.07, 6.45) is -0.0678. The van der Waals surface area contributed by atoms with Crippen LogP contribution in [0.15, 0.2) is 30.3 Å².